The molecule has 2 atom stereocenters. The number of carbonyl (C=O) groups excluding carboxylic acids is 2. The quantitative estimate of drug-likeness (QED) is 0.436. The molecular weight excluding hydrogens is 236 g/mol. The first-order chi connectivity index (χ1) is 6.15. The third kappa shape index (κ3) is 2.79. The Hall–Kier alpha value is -0.380. The molecule has 13 heavy (non-hydrogen) atoms. The summed E-state index contributed by atoms with van der Waals surface area (Å²) >= 11 is 3.19. The average molecular weight is 249 g/mol. The highest BCUT2D eigenvalue weighted by atomic mass is 79.9. The SMILES string of the molecule is CCC(Br)OC(=O)C1CCCC1=O. The molecule has 3 nitrogen and oxygen atoms in total. The molecule has 0 aliphatic heterocycles. The van der Waals surface area contributed by atoms with Crippen LogP contribution in [-0.2, 0) is 14.3 Å². The van der Waals surface area contributed by atoms with Crippen molar-refractivity contribution in [2.45, 2.75) is 37.6 Å². The number of rotatable bonds is 3. The number of halogens is 1. The van der Waals surface area contributed by atoms with Gasteiger partial charge >= 0.3 is 5.97 Å². The fourth-order valence-electron chi connectivity index (χ4n) is 1.36. The first kappa shape index (κ1) is 10.7. The van der Waals surface area contributed by atoms with Gasteiger partial charge in [-0.1, -0.05) is 6.92 Å². The Morgan fingerprint density at radius 2 is 2.46 bits per heavy atom. The topological polar surface area (TPSA) is 43.4 Å². The third-order valence-corrected chi connectivity index (χ3v) is 2.99. The van der Waals surface area contributed by atoms with E-state index in [0.29, 0.717) is 19.3 Å². The van der Waals surface area contributed by atoms with Crippen LogP contribution in [-0.4, -0.2) is 16.8 Å². The Morgan fingerprint density at radius 3 is 2.92 bits per heavy atom. The summed E-state index contributed by atoms with van der Waals surface area (Å²) in [4.78, 5) is 22.5. The molecule has 2 unspecified atom stereocenters. The van der Waals surface area contributed by atoms with Gasteiger partial charge in [0.25, 0.3) is 0 Å². The normalized spacial score (nSPS) is 24.5. The lowest BCUT2D eigenvalue weighted by Crippen LogP contribution is -2.23. The summed E-state index contributed by atoms with van der Waals surface area (Å²) in [5.41, 5.74) is 0. The van der Waals surface area contributed by atoms with Crippen molar-refractivity contribution in [2.75, 3.05) is 0 Å². The lowest BCUT2D eigenvalue weighted by atomic mass is 10.1. The largest absolute Gasteiger partial charge is 0.450 e. The van der Waals surface area contributed by atoms with Gasteiger partial charge in [0.05, 0.1) is 0 Å². The number of ether oxygens (including phenoxy) is 1. The van der Waals surface area contributed by atoms with Gasteiger partial charge in [0.1, 0.15) is 11.7 Å². The Kier molecular flexibility index (Phi) is 3.90. The van der Waals surface area contributed by atoms with E-state index < -0.39 is 5.92 Å². The van der Waals surface area contributed by atoms with E-state index in [1.54, 1.807) is 0 Å². The smallest absolute Gasteiger partial charge is 0.317 e. The fraction of sp³-hybridized carbons (Fsp3) is 0.778. The molecule has 0 aromatic carbocycles. The van der Waals surface area contributed by atoms with Crippen LogP contribution in [0, 0.1) is 5.92 Å². The number of ketones is 1. The zero-order valence-electron chi connectivity index (χ0n) is 7.59. The van der Waals surface area contributed by atoms with Gasteiger partial charge < -0.3 is 4.74 Å². The van der Waals surface area contributed by atoms with E-state index in [9.17, 15) is 9.59 Å². The zero-order valence-corrected chi connectivity index (χ0v) is 9.17. The van der Waals surface area contributed by atoms with Gasteiger partial charge in [0.15, 0.2) is 5.01 Å². The first-order valence-electron chi connectivity index (χ1n) is 4.52. The number of hydrogen-bond acceptors (Lipinski definition) is 3. The van der Waals surface area contributed by atoms with Crippen LogP contribution in [0.15, 0.2) is 0 Å². The molecule has 0 radical (unpaired) electrons. The van der Waals surface area contributed by atoms with Gasteiger partial charge in [-0.15, -0.1) is 0 Å². The molecule has 0 aromatic rings. The monoisotopic (exact) mass is 248 g/mol. The van der Waals surface area contributed by atoms with Gasteiger partial charge in [-0.05, 0) is 35.2 Å². The minimum absolute atomic E-state index is 0.0285. The molecule has 0 heterocycles. The number of hydrogen-bond donors (Lipinski definition) is 0. The molecule has 0 N–H and O–H groups in total. The third-order valence-electron chi connectivity index (χ3n) is 2.15. The van der Waals surface area contributed by atoms with Crippen LogP contribution in [0.2, 0.25) is 0 Å². The number of alkyl halides is 1. The molecule has 1 aliphatic carbocycles. The molecule has 1 rings (SSSR count). The Labute approximate surface area is 86.0 Å². The Balaban J connectivity index is 2.43. The van der Waals surface area contributed by atoms with E-state index in [4.69, 9.17) is 4.74 Å². The van der Waals surface area contributed by atoms with E-state index in [0.717, 1.165) is 6.42 Å². The highest BCUT2D eigenvalue weighted by molar-refractivity contribution is 9.09. The number of esters is 1. The lowest BCUT2D eigenvalue weighted by Gasteiger charge is -2.12. The van der Waals surface area contributed by atoms with Crippen molar-refractivity contribution in [2.24, 2.45) is 5.92 Å². The van der Waals surface area contributed by atoms with Crippen molar-refractivity contribution in [1.82, 2.24) is 0 Å². The predicted octanol–water partition coefficient (Wildman–Crippen LogP) is 2.03. The van der Waals surface area contributed by atoms with Gasteiger partial charge in [-0.2, -0.15) is 0 Å². The lowest BCUT2D eigenvalue weighted by molar-refractivity contribution is -0.152. The summed E-state index contributed by atoms with van der Waals surface area (Å²) in [5, 5.41) is -0.256. The molecule has 1 saturated carbocycles. The maximum Gasteiger partial charge on any atom is 0.317 e. The number of Topliss-reactive ketones (excluding diaryl/α,β-unsaturated/α-hetero) is 1. The predicted molar refractivity (Wildman–Crippen MR) is 51.4 cm³/mol. The Bertz CT molecular complexity index is 215. The molecule has 1 fully saturated rings. The van der Waals surface area contributed by atoms with Crippen LogP contribution in [0.5, 0.6) is 0 Å². The van der Waals surface area contributed by atoms with E-state index in [-0.39, 0.29) is 16.8 Å². The molecule has 0 bridgehead atoms. The molecular formula is C9H13BrO3. The second-order valence-corrected chi connectivity index (χ2v) is 4.19. The minimum atomic E-state index is -0.494. The molecule has 4 heteroatoms. The van der Waals surface area contributed by atoms with Crippen molar-refractivity contribution in [3.05, 3.63) is 0 Å². The second kappa shape index (κ2) is 4.74. The number of carbonyl (C=O) groups is 2. The van der Waals surface area contributed by atoms with Crippen molar-refractivity contribution in [1.29, 1.82) is 0 Å². The Morgan fingerprint density at radius 1 is 1.77 bits per heavy atom. The summed E-state index contributed by atoms with van der Waals surface area (Å²) in [6, 6.07) is 0. The summed E-state index contributed by atoms with van der Waals surface area (Å²) in [6.45, 7) is 1.91. The molecule has 0 amide bonds. The van der Waals surface area contributed by atoms with Crippen molar-refractivity contribution in [3.8, 4) is 0 Å². The maximum atomic E-state index is 11.4. The maximum absolute atomic E-state index is 11.4. The summed E-state index contributed by atoms with van der Waals surface area (Å²) in [5.74, 6) is -0.835. The second-order valence-electron chi connectivity index (χ2n) is 3.17. The van der Waals surface area contributed by atoms with E-state index in [1.165, 1.54) is 0 Å². The van der Waals surface area contributed by atoms with E-state index >= 15 is 0 Å². The van der Waals surface area contributed by atoms with Crippen LogP contribution in [0.3, 0.4) is 0 Å². The molecule has 0 spiro atoms. The van der Waals surface area contributed by atoms with Crippen LogP contribution >= 0.6 is 15.9 Å². The van der Waals surface area contributed by atoms with E-state index in [1.807, 2.05) is 6.92 Å². The highest BCUT2D eigenvalue weighted by Crippen LogP contribution is 2.23. The summed E-state index contributed by atoms with van der Waals surface area (Å²) in [6.07, 6.45) is 2.71. The van der Waals surface area contributed by atoms with Crippen LogP contribution in [0.1, 0.15) is 32.6 Å². The first-order valence-corrected chi connectivity index (χ1v) is 5.44. The summed E-state index contributed by atoms with van der Waals surface area (Å²) < 4.78 is 5.01. The van der Waals surface area contributed by atoms with Crippen molar-refractivity contribution in [3.63, 3.8) is 0 Å². The standard InChI is InChI=1S/C9H13BrO3/c1-2-8(10)13-9(12)6-4-3-5-7(6)11/h6,8H,2-5H2,1H3. The van der Waals surface area contributed by atoms with Gasteiger partial charge in [0, 0.05) is 6.42 Å². The van der Waals surface area contributed by atoms with Gasteiger partial charge in [-0.3, -0.25) is 9.59 Å². The highest BCUT2D eigenvalue weighted by Gasteiger charge is 2.32. The molecule has 1 aliphatic rings. The van der Waals surface area contributed by atoms with Gasteiger partial charge in [-0.25, -0.2) is 0 Å². The van der Waals surface area contributed by atoms with Crippen LogP contribution in [0.4, 0.5) is 0 Å². The van der Waals surface area contributed by atoms with Crippen molar-refractivity contribution >= 4 is 27.7 Å². The molecule has 0 saturated heterocycles. The minimum Gasteiger partial charge on any atom is -0.450 e. The molecule has 74 valence electrons. The van der Waals surface area contributed by atoms with Crippen molar-refractivity contribution < 1.29 is 14.3 Å². The molecule has 0 aromatic heterocycles. The average Bonchev–Trinajstić information content (AvgIpc) is 2.51. The van der Waals surface area contributed by atoms with E-state index in [2.05, 4.69) is 15.9 Å². The van der Waals surface area contributed by atoms with Crippen LogP contribution in [0.25, 0.3) is 0 Å². The van der Waals surface area contributed by atoms with Gasteiger partial charge in [0.2, 0.25) is 0 Å². The van der Waals surface area contributed by atoms with Crippen LogP contribution < -0.4 is 0 Å². The fourth-order valence-corrected chi connectivity index (χ4v) is 1.54. The zero-order chi connectivity index (χ0) is 9.84. The summed E-state index contributed by atoms with van der Waals surface area (Å²) in [7, 11) is 0.